The number of benzene rings is 1. The Morgan fingerprint density at radius 1 is 1.32 bits per heavy atom. The van der Waals surface area contributed by atoms with Crippen LogP contribution in [0.1, 0.15) is 31.2 Å². The first-order chi connectivity index (χ1) is 12.0. The Morgan fingerprint density at radius 3 is 2.92 bits per heavy atom. The number of hydrogen-bond acceptors (Lipinski definition) is 3. The zero-order valence-electron chi connectivity index (χ0n) is 14.8. The van der Waals surface area contributed by atoms with Crippen molar-refractivity contribution in [2.24, 2.45) is 5.41 Å². The number of likely N-dealkylation sites (tertiary alicyclic amines) is 2. The SMILES string of the molecule is COCCN1C[C@]2(CCCN(Cc3ccc(Cl)c(F)c3)C2)CCC1=O. The van der Waals surface area contributed by atoms with E-state index in [1.165, 1.54) is 6.07 Å². The first-order valence-corrected chi connectivity index (χ1v) is 9.32. The van der Waals surface area contributed by atoms with Crippen LogP contribution in [-0.2, 0) is 16.1 Å². The van der Waals surface area contributed by atoms with E-state index in [9.17, 15) is 9.18 Å². The molecule has 2 heterocycles. The van der Waals surface area contributed by atoms with Crippen molar-refractivity contribution in [3.05, 3.63) is 34.6 Å². The average Bonchev–Trinajstić information content (AvgIpc) is 2.59. The highest BCUT2D eigenvalue weighted by Crippen LogP contribution is 2.39. The molecule has 1 amide bonds. The van der Waals surface area contributed by atoms with Crippen LogP contribution >= 0.6 is 11.6 Å². The van der Waals surface area contributed by atoms with Crippen LogP contribution in [0.15, 0.2) is 18.2 Å². The van der Waals surface area contributed by atoms with Gasteiger partial charge in [0, 0.05) is 45.1 Å². The van der Waals surface area contributed by atoms with Crippen LogP contribution in [0, 0.1) is 11.2 Å². The second-order valence-corrected chi connectivity index (χ2v) is 7.78. The molecular formula is C19H26ClFN2O2. The average molecular weight is 369 g/mol. The number of halogens is 2. The molecule has 0 N–H and O–H groups in total. The molecule has 2 aliphatic heterocycles. The standard InChI is InChI=1S/C19H26ClFN2O2/c1-25-10-9-23-14-19(7-5-18(23)24)6-2-8-22(13-19)12-15-3-4-16(20)17(21)11-15/h3-4,11H,2,5-10,12-14H2,1H3/t19-/m1/s1. The largest absolute Gasteiger partial charge is 0.383 e. The summed E-state index contributed by atoms with van der Waals surface area (Å²) >= 11 is 5.78. The van der Waals surface area contributed by atoms with Gasteiger partial charge < -0.3 is 9.64 Å². The fourth-order valence-corrected chi connectivity index (χ4v) is 4.30. The molecule has 4 nitrogen and oxygen atoms in total. The summed E-state index contributed by atoms with van der Waals surface area (Å²) in [4.78, 5) is 16.5. The van der Waals surface area contributed by atoms with E-state index in [2.05, 4.69) is 4.90 Å². The summed E-state index contributed by atoms with van der Waals surface area (Å²) < 4.78 is 18.8. The molecule has 2 fully saturated rings. The minimum atomic E-state index is -0.361. The van der Waals surface area contributed by atoms with E-state index >= 15 is 0 Å². The van der Waals surface area contributed by atoms with Gasteiger partial charge >= 0.3 is 0 Å². The lowest BCUT2D eigenvalue weighted by Crippen LogP contribution is -2.54. The Kier molecular flexibility index (Phi) is 5.97. The third kappa shape index (κ3) is 4.52. The summed E-state index contributed by atoms with van der Waals surface area (Å²) in [5.41, 5.74) is 1.10. The van der Waals surface area contributed by atoms with Crippen LogP contribution < -0.4 is 0 Å². The highest BCUT2D eigenvalue weighted by molar-refractivity contribution is 6.30. The van der Waals surface area contributed by atoms with Crippen LogP contribution in [0.25, 0.3) is 0 Å². The quantitative estimate of drug-likeness (QED) is 0.799. The molecule has 0 radical (unpaired) electrons. The number of rotatable bonds is 5. The van der Waals surface area contributed by atoms with Gasteiger partial charge in [0.05, 0.1) is 11.6 Å². The second-order valence-electron chi connectivity index (χ2n) is 7.37. The minimum absolute atomic E-state index is 0.158. The second kappa shape index (κ2) is 8.02. The molecule has 1 aromatic carbocycles. The minimum Gasteiger partial charge on any atom is -0.383 e. The van der Waals surface area contributed by atoms with E-state index in [4.69, 9.17) is 16.3 Å². The zero-order chi connectivity index (χ0) is 17.9. The van der Waals surface area contributed by atoms with Gasteiger partial charge in [-0.05, 0) is 43.5 Å². The molecule has 1 spiro atoms. The van der Waals surface area contributed by atoms with Crippen molar-refractivity contribution in [2.45, 2.75) is 32.2 Å². The van der Waals surface area contributed by atoms with Crippen LogP contribution in [0.3, 0.4) is 0 Å². The molecule has 25 heavy (non-hydrogen) atoms. The summed E-state index contributed by atoms with van der Waals surface area (Å²) in [6.07, 6.45) is 3.82. The van der Waals surface area contributed by atoms with Gasteiger partial charge in [0.1, 0.15) is 5.82 Å². The van der Waals surface area contributed by atoms with Gasteiger partial charge in [-0.15, -0.1) is 0 Å². The molecule has 0 saturated carbocycles. The highest BCUT2D eigenvalue weighted by Gasteiger charge is 2.41. The Bertz CT molecular complexity index is 627. The lowest BCUT2D eigenvalue weighted by Gasteiger charge is -2.48. The van der Waals surface area contributed by atoms with E-state index in [0.29, 0.717) is 19.6 Å². The molecule has 6 heteroatoms. The molecule has 0 bridgehead atoms. The first kappa shape index (κ1) is 18.6. The Balaban J connectivity index is 1.65. The molecule has 3 rings (SSSR count). The summed E-state index contributed by atoms with van der Waals surface area (Å²) in [6.45, 7) is 4.74. The number of piperidine rings is 2. The Morgan fingerprint density at radius 2 is 2.16 bits per heavy atom. The molecule has 138 valence electrons. The molecular weight excluding hydrogens is 343 g/mol. The van der Waals surface area contributed by atoms with Gasteiger partial charge in [-0.1, -0.05) is 17.7 Å². The van der Waals surface area contributed by atoms with Crippen molar-refractivity contribution in [3.63, 3.8) is 0 Å². The summed E-state index contributed by atoms with van der Waals surface area (Å²) in [6, 6.07) is 5.04. The normalized spacial score (nSPS) is 24.9. The molecule has 2 saturated heterocycles. The number of ether oxygens (including phenoxy) is 1. The fraction of sp³-hybridized carbons (Fsp3) is 0.632. The van der Waals surface area contributed by atoms with E-state index in [1.54, 1.807) is 13.2 Å². The lowest BCUT2D eigenvalue weighted by molar-refractivity contribution is -0.140. The Hall–Kier alpha value is -1.17. The van der Waals surface area contributed by atoms with Crippen molar-refractivity contribution < 1.29 is 13.9 Å². The number of nitrogens with zero attached hydrogens (tertiary/aromatic N) is 2. The third-order valence-corrected chi connectivity index (χ3v) is 5.75. The van der Waals surface area contributed by atoms with Gasteiger partial charge in [-0.2, -0.15) is 0 Å². The number of hydrogen-bond donors (Lipinski definition) is 0. The number of amides is 1. The van der Waals surface area contributed by atoms with Crippen LogP contribution in [0.5, 0.6) is 0 Å². The third-order valence-electron chi connectivity index (χ3n) is 5.44. The number of carbonyl (C=O) groups is 1. The van der Waals surface area contributed by atoms with Gasteiger partial charge in [0.25, 0.3) is 0 Å². The topological polar surface area (TPSA) is 32.8 Å². The van der Waals surface area contributed by atoms with Gasteiger partial charge in [-0.25, -0.2) is 4.39 Å². The molecule has 0 aliphatic carbocycles. The van der Waals surface area contributed by atoms with Crippen molar-refractivity contribution >= 4 is 17.5 Å². The fourth-order valence-electron chi connectivity index (χ4n) is 4.18. The Labute approximate surface area is 153 Å². The zero-order valence-corrected chi connectivity index (χ0v) is 15.5. The van der Waals surface area contributed by atoms with Crippen LogP contribution in [0.4, 0.5) is 4.39 Å². The number of methoxy groups -OCH3 is 1. The lowest BCUT2D eigenvalue weighted by atomic mass is 9.73. The van der Waals surface area contributed by atoms with Crippen LogP contribution in [0.2, 0.25) is 5.02 Å². The van der Waals surface area contributed by atoms with E-state index in [0.717, 1.165) is 51.0 Å². The monoisotopic (exact) mass is 368 g/mol. The maximum absolute atomic E-state index is 13.7. The molecule has 1 aromatic rings. The van der Waals surface area contributed by atoms with E-state index in [1.807, 2.05) is 11.0 Å². The van der Waals surface area contributed by atoms with Gasteiger partial charge in [0.15, 0.2) is 0 Å². The molecule has 2 aliphatic rings. The van der Waals surface area contributed by atoms with Crippen LogP contribution in [-0.4, -0.2) is 55.6 Å². The maximum Gasteiger partial charge on any atom is 0.222 e. The predicted octanol–water partition coefficient (Wildman–Crippen LogP) is 3.33. The first-order valence-electron chi connectivity index (χ1n) is 8.94. The molecule has 0 unspecified atom stereocenters. The molecule has 0 aromatic heterocycles. The summed E-state index contributed by atoms with van der Waals surface area (Å²) in [5, 5.41) is 0.165. The summed E-state index contributed by atoms with van der Waals surface area (Å²) in [5.74, 6) is -0.125. The predicted molar refractivity (Wildman–Crippen MR) is 96.0 cm³/mol. The summed E-state index contributed by atoms with van der Waals surface area (Å²) in [7, 11) is 1.66. The number of carbonyl (C=O) groups excluding carboxylic acids is 1. The van der Waals surface area contributed by atoms with E-state index in [-0.39, 0.29) is 22.2 Å². The maximum atomic E-state index is 13.7. The molecule has 1 atom stereocenters. The highest BCUT2D eigenvalue weighted by atomic mass is 35.5. The van der Waals surface area contributed by atoms with Crippen molar-refractivity contribution in [1.29, 1.82) is 0 Å². The van der Waals surface area contributed by atoms with Gasteiger partial charge in [-0.3, -0.25) is 9.69 Å². The van der Waals surface area contributed by atoms with Crippen molar-refractivity contribution in [1.82, 2.24) is 9.80 Å². The van der Waals surface area contributed by atoms with Gasteiger partial charge in [0.2, 0.25) is 5.91 Å². The smallest absolute Gasteiger partial charge is 0.222 e. The van der Waals surface area contributed by atoms with E-state index < -0.39 is 0 Å². The van der Waals surface area contributed by atoms with Crippen molar-refractivity contribution in [3.8, 4) is 0 Å². The van der Waals surface area contributed by atoms with Crippen molar-refractivity contribution in [2.75, 3.05) is 39.9 Å².